The van der Waals surface area contributed by atoms with Gasteiger partial charge in [-0.1, -0.05) is 208 Å². The standard InChI is InChI=1S/C45H35NO.C15H14.C7H8.C3H8/c1-4-10-36(5-2)46(43-29-35-11-6-7-12-38(35)39-13-8-9-14-40(39)43)37-23-19-32(20-24-37)34-22-26-45-42(28-34)41-27-33(21-25-44(41)47-45)31-17-15-30(3)16-18-31;1-11-10-12-6-2-3-8-14(12)15-9-5-4-7-13(11)15;1-7-5-3-2-4-6-7;1-3-2/h4-5,7-10,12-29H,1-2,6,11H2,3H3;4-10H,2-3H2,1H3;2-6H,1H3;3H2,1-2H3/b36-10+;;;. The number of hydrogen-bond donors (Lipinski definition) is 0. The second kappa shape index (κ2) is 22.7. The number of rotatable bonds is 7. The van der Waals surface area contributed by atoms with Crippen molar-refractivity contribution in [3.05, 3.63) is 257 Å². The summed E-state index contributed by atoms with van der Waals surface area (Å²) in [5.41, 5.74) is 16.3. The van der Waals surface area contributed by atoms with E-state index >= 15 is 0 Å². The highest BCUT2D eigenvalue weighted by atomic mass is 16.3. The molecule has 0 saturated carbocycles. The van der Waals surface area contributed by atoms with Gasteiger partial charge in [0.05, 0.1) is 5.69 Å². The fourth-order valence-corrected chi connectivity index (χ4v) is 9.93. The Balaban J connectivity index is 0.000000208. The van der Waals surface area contributed by atoms with Crippen molar-refractivity contribution >= 4 is 73.1 Å². The van der Waals surface area contributed by atoms with Crippen LogP contribution < -0.4 is 15.3 Å². The molecule has 9 aromatic carbocycles. The summed E-state index contributed by atoms with van der Waals surface area (Å²) in [5, 5.41) is 10.4. The summed E-state index contributed by atoms with van der Waals surface area (Å²) in [6.45, 7) is 18.8. The topological polar surface area (TPSA) is 16.4 Å². The Morgan fingerprint density at radius 1 is 0.542 bits per heavy atom. The largest absolute Gasteiger partial charge is 0.456 e. The van der Waals surface area contributed by atoms with E-state index in [9.17, 15) is 0 Å². The van der Waals surface area contributed by atoms with Crippen molar-refractivity contribution < 1.29 is 4.42 Å². The molecule has 2 aliphatic rings. The number of nitrogens with zero attached hydrogens (tertiary/aromatic N) is 1. The van der Waals surface area contributed by atoms with Crippen molar-refractivity contribution in [2.24, 2.45) is 0 Å². The first kappa shape index (κ1) is 48.8. The van der Waals surface area contributed by atoms with Crippen LogP contribution in [-0.2, 0) is 6.42 Å². The van der Waals surface area contributed by atoms with Gasteiger partial charge < -0.3 is 9.32 Å². The SMILES string of the molecule is C=C/C=C(\C=C)N(c1ccc(-c2ccc3oc4ccc(-c5ccc(C)cc5)cc4c3c2)cc1)c1cc2c(c3ccccc13)C=CCC2.CCC.Cc1cc2c(c3ccccc13)=CCCC=2.Cc1ccccc1. The first-order chi connectivity index (χ1) is 35.3. The average Bonchev–Trinajstić information content (AvgIpc) is 3.79. The number of allylic oxidation sites excluding steroid dienone is 4. The first-order valence-electron chi connectivity index (χ1n) is 25.6. The predicted molar refractivity (Wildman–Crippen MR) is 314 cm³/mol. The molecule has 2 heteroatoms. The van der Waals surface area contributed by atoms with Crippen LogP contribution >= 0.6 is 0 Å². The molecule has 0 saturated heterocycles. The van der Waals surface area contributed by atoms with Gasteiger partial charge in [-0.25, -0.2) is 0 Å². The molecule has 0 fully saturated rings. The van der Waals surface area contributed by atoms with Crippen LogP contribution in [0, 0.1) is 20.8 Å². The van der Waals surface area contributed by atoms with Gasteiger partial charge in [0.1, 0.15) is 11.2 Å². The van der Waals surface area contributed by atoms with Crippen LogP contribution in [0.15, 0.2) is 224 Å². The van der Waals surface area contributed by atoms with Crippen LogP contribution in [0.2, 0.25) is 0 Å². The molecule has 0 atom stereocenters. The molecular weight excluding hydrogens is 871 g/mol. The maximum absolute atomic E-state index is 6.25. The number of hydrogen-bond acceptors (Lipinski definition) is 2. The predicted octanol–water partition coefficient (Wildman–Crippen LogP) is 18.6. The molecule has 0 amide bonds. The Labute approximate surface area is 426 Å². The van der Waals surface area contributed by atoms with Crippen LogP contribution in [0.4, 0.5) is 11.4 Å². The van der Waals surface area contributed by atoms with E-state index in [0.717, 1.165) is 63.0 Å². The Morgan fingerprint density at radius 2 is 1.10 bits per heavy atom. The zero-order valence-corrected chi connectivity index (χ0v) is 42.6. The molecule has 0 radical (unpaired) electrons. The van der Waals surface area contributed by atoms with E-state index in [2.05, 4.69) is 235 Å². The Bertz CT molecular complexity index is 3730. The third kappa shape index (κ3) is 10.6. The van der Waals surface area contributed by atoms with E-state index in [0.29, 0.717) is 0 Å². The van der Waals surface area contributed by atoms with Gasteiger partial charge in [0.15, 0.2) is 0 Å². The second-order valence-electron chi connectivity index (χ2n) is 18.8. The highest BCUT2D eigenvalue weighted by Gasteiger charge is 2.20. The molecule has 0 aliphatic heterocycles. The quantitative estimate of drug-likeness (QED) is 0.148. The minimum absolute atomic E-state index is 0.895. The highest BCUT2D eigenvalue weighted by Crippen LogP contribution is 2.42. The molecule has 2 aliphatic carbocycles. The molecule has 0 N–H and O–H groups in total. The van der Waals surface area contributed by atoms with Crippen LogP contribution in [0.25, 0.3) is 84.0 Å². The summed E-state index contributed by atoms with van der Waals surface area (Å²) in [7, 11) is 0. The van der Waals surface area contributed by atoms with Crippen LogP contribution in [0.1, 0.15) is 67.3 Å². The molecule has 1 heterocycles. The van der Waals surface area contributed by atoms with Crippen LogP contribution in [-0.4, -0.2) is 0 Å². The third-order valence-corrected chi connectivity index (χ3v) is 13.5. The average molecular weight is 936 g/mol. The fourth-order valence-electron chi connectivity index (χ4n) is 9.93. The number of anilines is 2. The van der Waals surface area contributed by atoms with Gasteiger partial charge in [-0.15, -0.1) is 0 Å². The molecule has 72 heavy (non-hydrogen) atoms. The lowest BCUT2D eigenvalue weighted by Gasteiger charge is -2.29. The van der Waals surface area contributed by atoms with E-state index in [1.54, 1.807) is 0 Å². The summed E-state index contributed by atoms with van der Waals surface area (Å²) in [4.78, 5) is 2.30. The number of aryl methyl sites for hydroxylation is 4. The van der Waals surface area contributed by atoms with Crippen LogP contribution in [0.3, 0.4) is 0 Å². The molecule has 10 aromatic rings. The van der Waals surface area contributed by atoms with E-state index in [4.69, 9.17) is 4.42 Å². The number of benzene rings is 9. The second-order valence-corrected chi connectivity index (χ2v) is 18.8. The smallest absolute Gasteiger partial charge is 0.135 e. The molecule has 1 aromatic heterocycles. The van der Waals surface area contributed by atoms with Gasteiger partial charge in [0, 0.05) is 27.5 Å². The van der Waals surface area contributed by atoms with Gasteiger partial charge in [0.2, 0.25) is 0 Å². The van der Waals surface area contributed by atoms with Gasteiger partial charge in [0.25, 0.3) is 0 Å². The summed E-state index contributed by atoms with van der Waals surface area (Å²) >= 11 is 0. The number of furan rings is 1. The van der Waals surface area contributed by atoms with Crippen molar-refractivity contribution in [1.29, 1.82) is 0 Å². The van der Waals surface area contributed by atoms with Gasteiger partial charge >= 0.3 is 0 Å². The Morgan fingerprint density at radius 3 is 1.71 bits per heavy atom. The van der Waals surface area contributed by atoms with Crippen molar-refractivity contribution in [2.45, 2.75) is 66.7 Å². The van der Waals surface area contributed by atoms with Crippen LogP contribution in [0.5, 0.6) is 0 Å². The fraction of sp³-hybridized carbons (Fsp3) is 0.143. The molecular formula is C70H65NO. The lowest BCUT2D eigenvalue weighted by atomic mass is 9.90. The molecule has 12 rings (SSSR count). The molecule has 0 unspecified atom stereocenters. The maximum Gasteiger partial charge on any atom is 0.135 e. The lowest BCUT2D eigenvalue weighted by molar-refractivity contribution is 0.669. The van der Waals surface area contributed by atoms with E-state index in [-0.39, 0.29) is 0 Å². The Kier molecular flexibility index (Phi) is 15.4. The van der Waals surface area contributed by atoms with Crippen molar-refractivity contribution in [3.63, 3.8) is 0 Å². The Hall–Kier alpha value is -8.20. The van der Waals surface area contributed by atoms with Crippen molar-refractivity contribution in [3.8, 4) is 22.3 Å². The summed E-state index contributed by atoms with van der Waals surface area (Å²) in [5.74, 6) is 0. The van der Waals surface area contributed by atoms with E-state index in [1.165, 1.54) is 90.2 Å². The summed E-state index contributed by atoms with van der Waals surface area (Å²) in [6, 6.07) is 62.8. The van der Waals surface area contributed by atoms with Crippen molar-refractivity contribution in [2.75, 3.05) is 4.90 Å². The lowest BCUT2D eigenvalue weighted by Crippen LogP contribution is -2.27. The monoisotopic (exact) mass is 936 g/mol. The highest BCUT2D eigenvalue weighted by molar-refractivity contribution is 6.08. The maximum atomic E-state index is 6.25. The first-order valence-corrected chi connectivity index (χ1v) is 25.6. The molecule has 356 valence electrons. The summed E-state index contributed by atoms with van der Waals surface area (Å²) in [6.07, 6.45) is 20.8. The minimum atomic E-state index is 0.895. The van der Waals surface area contributed by atoms with E-state index in [1.807, 2.05) is 36.4 Å². The molecule has 0 bridgehead atoms. The van der Waals surface area contributed by atoms with E-state index < -0.39 is 0 Å². The van der Waals surface area contributed by atoms with Gasteiger partial charge in [-0.05, 0) is 167 Å². The molecule has 0 spiro atoms. The van der Waals surface area contributed by atoms with Crippen molar-refractivity contribution in [1.82, 2.24) is 0 Å². The zero-order chi connectivity index (χ0) is 50.0. The molecule has 2 nitrogen and oxygen atoms in total. The zero-order valence-electron chi connectivity index (χ0n) is 42.6. The van der Waals surface area contributed by atoms with Gasteiger partial charge in [-0.2, -0.15) is 0 Å². The third-order valence-electron chi connectivity index (χ3n) is 13.5. The minimum Gasteiger partial charge on any atom is -0.456 e. The van der Waals surface area contributed by atoms with Gasteiger partial charge in [-0.3, -0.25) is 0 Å². The summed E-state index contributed by atoms with van der Waals surface area (Å²) < 4.78 is 6.25. The number of fused-ring (bicyclic) bond motifs is 9. The normalized spacial score (nSPS) is 12.4.